The summed E-state index contributed by atoms with van der Waals surface area (Å²) in [6.07, 6.45) is 5.90. The second-order valence-electron chi connectivity index (χ2n) is 6.26. The highest BCUT2D eigenvalue weighted by molar-refractivity contribution is 7.80. The molecule has 3 nitrogen and oxygen atoms in total. The number of benzene rings is 2. The second-order valence-corrected chi connectivity index (χ2v) is 6.70. The van der Waals surface area contributed by atoms with Crippen molar-refractivity contribution in [1.29, 1.82) is 0 Å². The molecule has 0 aliphatic heterocycles. The Labute approximate surface area is 153 Å². The van der Waals surface area contributed by atoms with Crippen LogP contribution in [0, 0.1) is 0 Å². The zero-order valence-electron chi connectivity index (χ0n) is 13.3. The Hall–Kier alpha value is -1.91. The molecule has 2 aromatic rings. The monoisotopic (exact) mass is 357 g/mol. The van der Waals surface area contributed by atoms with E-state index >= 15 is 0 Å². The van der Waals surface area contributed by atoms with Gasteiger partial charge in [0, 0.05) is 11.1 Å². The molecule has 2 aliphatic rings. The van der Waals surface area contributed by atoms with E-state index in [9.17, 15) is 0 Å². The number of fused-ring (bicyclic) bond motifs is 3. The molecule has 124 valence electrons. The third kappa shape index (κ3) is 3.04. The Kier molecular flexibility index (Phi) is 4.88. The van der Waals surface area contributed by atoms with Crippen LogP contribution in [0.1, 0.15) is 46.2 Å². The molecule has 4 rings (SSSR count). The molecule has 0 unspecified atom stereocenters. The minimum absolute atomic E-state index is 0. The second kappa shape index (κ2) is 6.91. The van der Waals surface area contributed by atoms with Gasteiger partial charge in [0.05, 0.1) is 5.71 Å². The molecule has 0 fully saturated rings. The molecule has 24 heavy (non-hydrogen) atoms. The Balaban J connectivity index is 0.00000169. The lowest BCUT2D eigenvalue weighted by Gasteiger charge is -2.25. The van der Waals surface area contributed by atoms with Crippen LogP contribution in [0.4, 0.5) is 0 Å². The molecule has 0 bridgehead atoms. The first-order chi connectivity index (χ1) is 11.2. The maximum atomic E-state index is 5.57. The number of nitrogens with one attached hydrogen (secondary N) is 1. The van der Waals surface area contributed by atoms with Gasteiger partial charge < -0.3 is 5.73 Å². The summed E-state index contributed by atoms with van der Waals surface area (Å²) in [5, 5.41) is 4.71. The molecule has 0 atom stereocenters. The number of aryl methyl sites for hydroxylation is 2. The SMILES string of the molecule is Cl.NC(=S)NN=C1c2ccccc2Cc2cc3c(cc21)CCCC3. The summed E-state index contributed by atoms with van der Waals surface area (Å²) in [5.41, 5.74) is 17.3. The molecule has 0 radical (unpaired) electrons. The number of nitrogens with zero attached hydrogens (tertiary/aromatic N) is 1. The van der Waals surface area contributed by atoms with Gasteiger partial charge in [-0.25, -0.2) is 0 Å². The average molecular weight is 358 g/mol. The van der Waals surface area contributed by atoms with Crippen LogP contribution in [-0.2, 0) is 19.3 Å². The number of hydrogen-bond acceptors (Lipinski definition) is 2. The van der Waals surface area contributed by atoms with E-state index in [1.807, 2.05) is 0 Å². The van der Waals surface area contributed by atoms with Crippen LogP contribution in [0.5, 0.6) is 0 Å². The summed E-state index contributed by atoms with van der Waals surface area (Å²) in [6.45, 7) is 0. The molecule has 0 heterocycles. The predicted molar refractivity (Wildman–Crippen MR) is 105 cm³/mol. The van der Waals surface area contributed by atoms with Crippen LogP contribution in [0.15, 0.2) is 41.5 Å². The van der Waals surface area contributed by atoms with Crippen molar-refractivity contribution in [1.82, 2.24) is 5.43 Å². The van der Waals surface area contributed by atoms with E-state index in [0.29, 0.717) is 0 Å². The van der Waals surface area contributed by atoms with E-state index < -0.39 is 0 Å². The van der Waals surface area contributed by atoms with Crippen molar-refractivity contribution in [2.75, 3.05) is 0 Å². The van der Waals surface area contributed by atoms with Gasteiger partial charge in [0.25, 0.3) is 0 Å². The normalized spacial score (nSPS) is 16.4. The van der Waals surface area contributed by atoms with Crippen molar-refractivity contribution in [3.8, 4) is 0 Å². The quantitative estimate of drug-likeness (QED) is 0.518. The Morgan fingerprint density at radius 1 is 0.958 bits per heavy atom. The van der Waals surface area contributed by atoms with Crippen molar-refractivity contribution in [2.45, 2.75) is 32.1 Å². The molecule has 2 aromatic carbocycles. The highest BCUT2D eigenvalue weighted by Crippen LogP contribution is 2.32. The fourth-order valence-corrected chi connectivity index (χ4v) is 3.74. The molecule has 0 amide bonds. The summed E-state index contributed by atoms with van der Waals surface area (Å²) in [7, 11) is 0. The summed E-state index contributed by atoms with van der Waals surface area (Å²) in [4.78, 5) is 0. The maximum Gasteiger partial charge on any atom is 0.184 e. The number of hydrogen-bond donors (Lipinski definition) is 2. The van der Waals surface area contributed by atoms with Crippen LogP contribution in [-0.4, -0.2) is 10.8 Å². The molecule has 3 N–H and O–H groups in total. The van der Waals surface area contributed by atoms with Crippen molar-refractivity contribution in [2.24, 2.45) is 10.8 Å². The molecule has 5 heteroatoms. The minimum atomic E-state index is 0. The summed E-state index contributed by atoms with van der Waals surface area (Å²) in [5.74, 6) is 0. The van der Waals surface area contributed by atoms with Crippen molar-refractivity contribution < 1.29 is 0 Å². The fraction of sp³-hybridized carbons (Fsp3) is 0.263. The molecular weight excluding hydrogens is 338 g/mol. The van der Waals surface area contributed by atoms with Crippen molar-refractivity contribution in [3.05, 3.63) is 69.8 Å². The zero-order valence-corrected chi connectivity index (χ0v) is 15.0. The molecule has 2 aliphatic carbocycles. The van der Waals surface area contributed by atoms with E-state index in [-0.39, 0.29) is 17.5 Å². The fourth-order valence-electron chi connectivity index (χ4n) is 3.69. The number of hydrazone groups is 1. The van der Waals surface area contributed by atoms with E-state index in [4.69, 9.17) is 18.0 Å². The van der Waals surface area contributed by atoms with Crippen LogP contribution in [0.3, 0.4) is 0 Å². The van der Waals surface area contributed by atoms with Gasteiger partial charge in [-0.15, -0.1) is 12.4 Å². The first-order valence-corrected chi connectivity index (χ1v) is 8.49. The molecule has 0 saturated carbocycles. The third-order valence-corrected chi connectivity index (χ3v) is 4.85. The van der Waals surface area contributed by atoms with Gasteiger partial charge in [0.1, 0.15) is 0 Å². The lowest BCUT2D eigenvalue weighted by atomic mass is 9.80. The van der Waals surface area contributed by atoms with E-state index in [1.165, 1.54) is 59.1 Å². The first-order valence-electron chi connectivity index (χ1n) is 8.09. The summed E-state index contributed by atoms with van der Waals surface area (Å²) < 4.78 is 0. The van der Waals surface area contributed by atoms with Crippen LogP contribution < -0.4 is 11.2 Å². The van der Waals surface area contributed by atoms with Gasteiger partial charge in [-0.05, 0) is 72.6 Å². The smallest absolute Gasteiger partial charge is 0.184 e. The van der Waals surface area contributed by atoms with Crippen molar-refractivity contribution in [3.63, 3.8) is 0 Å². The van der Waals surface area contributed by atoms with E-state index in [0.717, 1.165) is 12.1 Å². The maximum absolute atomic E-state index is 5.57. The molecule has 0 spiro atoms. The Bertz CT molecular complexity index is 829. The molecular formula is C19H20ClN3S. The zero-order chi connectivity index (χ0) is 15.8. The van der Waals surface area contributed by atoms with Crippen LogP contribution in [0.2, 0.25) is 0 Å². The number of rotatable bonds is 1. The molecule has 0 aromatic heterocycles. The lowest BCUT2D eigenvalue weighted by molar-refractivity contribution is 0.684. The number of thiocarbonyl (C=S) groups is 1. The van der Waals surface area contributed by atoms with Gasteiger partial charge in [0.2, 0.25) is 0 Å². The van der Waals surface area contributed by atoms with Gasteiger partial charge in [-0.3, -0.25) is 5.43 Å². The van der Waals surface area contributed by atoms with Crippen LogP contribution >= 0.6 is 24.6 Å². The number of halogens is 1. The largest absolute Gasteiger partial charge is 0.375 e. The van der Waals surface area contributed by atoms with Crippen LogP contribution in [0.25, 0.3) is 0 Å². The predicted octanol–water partition coefficient (Wildman–Crippen LogP) is 3.48. The van der Waals surface area contributed by atoms with Crippen molar-refractivity contribution >= 4 is 35.4 Å². The standard InChI is InChI=1S/C19H19N3S.ClH/c20-19(23)22-21-18-16-8-4-3-7-14(16)10-15-9-12-5-1-2-6-13(12)11-17(15)18;/h3-4,7-9,11H,1-2,5-6,10H2,(H3,20,22,23);1H. The van der Waals surface area contributed by atoms with E-state index in [2.05, 4.69) is 46.9 Å². The summed E-state index contributed by atoms with van der Waals surface area (Å²) >= 11 is 4.92. The topological polar surface area (TPSA) is 50.4 Å². The minimum Gasteiger partial charge on any atom is -0.375 e. The number of nitrogens with two attached hydrogens (primary N) is 1. The Morgan fingerprint density at radius 3 is 2.42 bits per heavy atom. The average Bonchev–Trinajstić information content (AvgIpc) is 2.56. The lowest BCUT2D eigenvalue weighted by Crippen LogP contribution is -2.27. The first kappa shape index (κ1) is 16.9. The third-order valence-electron chi connectivity index (χ3n) is 4.75. The highest BCUT2D eigenvalue weighted by atomic mass is 35.5. The Morgan fingerprint density at radius 2 is 1.67 bits per heavy atom. The van der Waals surface area contributed by atoms with Gasteiger partial charge in [-0.1, -0.05) is 30.3 Å². The van der Waals surface area contributed by atoms with Gasteiger partial charge in [0.15, 0.2) is 5.11 Å². The summed E-state index contributed by atoms with van der Waals surface area (Å²) in [6, 6.07) is 13.2. The highest BCUT2D eigenvalue weighted by Gasteiger charge is 2.24. The van der Waals surface area contributed by atoms with Gasteiger partial charge >= 0.3 is 0 Å². The van der Waals surface area contributed by atoms with Gasteiger partial charge in [-0.2, -0.15) is 5.10 Å². The van der Waals surface area contributed by atoms with E-state index in [1.54, 1.807) is 0 Å². The molecule has 0 saturated heterocycles.